The van der Waals surface area contributed by atoms with Crippen LogP contribution < -0.4 is 31.1 Å². The Morgan fingerprint density at radius 2 is 0.792 bits per heavy atom. The van der Waals surface area contributed by atoms with Crippen LogP contribution in [0.4, 0.5) is 22.7 Å². The molecule has 0 aliphatic carbocycles. The molecule has 0 aromatic heterocycles. The van der Waals surface area contributed by atoms with Crippen molar-refractivity contribution in [3.05, 3.63) is 263 Å². The fraction of sp³-hybridized carbons (Fsp3) is 0.224. The van der Waals surface area contributed by atoms with Gasteiger partial charge in [-0.2, -0.15) is 0 Å². The van der Waals surface area contributed by atoms with Crippen molar-refractivity contribution in [2.45, 2.75) is 50.6 Å². The molecule has 0 bridgehead atoms. The number of hydrogen-bond acceptors (Lipinski definition) is 7. The van der Waals surface area contributed by atoms with Crippen molar-refractivity contribution in [3.8, 4) is 0 Å². The van der Waals surface area contributed by atoms with Gasteiger partial charge >= 0.3 is 0 Å². The van der Waals surface area contributed by atoms with Gasteiger partial charge in [-0.05, 0) is 114 Å². The van der Waals surface area contributed by atoms with Gasteiger partial charge in [-0.3, -0.25) is 19.2 Å². The molecule has 2 aliphatic rings. The van der Waals surface area contributed by atoms with Crippen LogP contribution in [0.3, 0.4) is 0 Å². The minimum atomic E-state index is -0.328. The number of nitrogens with one attached hydrogen (secondary N) is 4. The molecule has 10 heteroatoms. The van der Waals surface area contributed by atoms with E-state index in [-0.39, 0.29) is 41.3 Å². The number of piperidine rings is 2. The molecule has 0 spiro atoms. The zero-order chi connectivity index (χ0) is 53.2. The summed E-state index contributed by atoms with van der Waals surface area (Å²) in [6, 6.07) is 72.8. The van der Waals surface area contributed by atoms with Crippen molar-refractivity contribution in [2.75, 3.05) is 53.7 Å². The van der Waals surface area contributed by atoms with Crippen LogP contribution in [0, 0.1) is 11.8 Å². The van der Waals surface area contributed by atoms with Crippen molar-refractivity contribution in [1.29, 1.82) is 0 Å². The van der Waals surface area contributed by atoms with E-state index in [2.05, 4.69) is 91.7 Å². The fourth-order valence-corrected chi connectivity index (χ4v) is 10.8. The maximum absolute atomic E-state index is 13.5. The summed E-state index contributed by atoms with van der Waals surface area (Å²) in [4.78, 5) is 58.0. The van der Waals surface area contributed by atoms with Gasteiger partial charge in [0.15, 0.2) is 5.78 Å². The van der Waals surface area contributed by atoms with Gasteiger partial charge in [0.2, 0.25) is 11.8 Å². The third kappa shape index (κ3) is 14.1. The summed E-state index contributed by atoms with van der Waals surface area (Å²) >= 11 is 0. The van der Waals surface area contributed by atoms with Gasteiger partial charge in [-0.25, -0.2) is 0 Å². The standard InChI is InChI=1S/C40H37N3O3.C27H31N3O/c44-38(32-16-8-3-9-17-32)35-18-10-11-19-36(35)39(45)42-33-20-22-34(23-21-33)43-26-24-31(25-27-43)37(30-14-6-2-7-15-30)40(46)41-28-29-12-4-1-5-13-29;1-28-24-12-14-25(15-13-24)30-18-16-23(17-19-30)26(22-10-6-3-7-11-22)27(31)29-20-21-8-4-2-5-9-21/h1-23,31,37H,24-28H2,(H,41,46)(H,42,45);2-15,23,26,28H,16-20H2,1H3,(H,29,31). The van der Waals surface area contributed by atoms with Gasteiger partial charge < -0.3 is 31.1 Å². The number of amides is 3. The molecule has 0 radical (unpaired) electrons. The SMILES string of the molecule is CNc1ccc(N2CCC(C(C(=O)NCc3ccccc3)c3ccccc3)CC2)cc1.O=C(Nc1ccc(N2CCC(C(C(=O)NCc3ccccc3)c3ccccc3)CC2)cc1)c1ccccc1C(=O)c1ccccc1. The Hall–Kier alpha value is -8.76. The van der Waals surface area contributed by atoms with E-state index in [0.29, 0.717) is 41.4 Å². The van der Waals surface area contributed by atoms with E-state index < -0.39 is 0 Å². The molecule has 0 saturated carbocycles. The molecule has 2 fully saturated rings. The number of ketones is 1. The lowest BCUT2D eigenvalue weighted by atomic mass is 9.79. The zero-order valence-electron chi connectivity index (χ0n) is 43.8. The molecule has 2 saturated heterocycles. The summed E-state index contributed by atoms with van der Waals surface area (Å²) in [5, 5.41) is 12.5. The van der Waals surface area contributed by atoms with Gasteiger partial charge in [0.25, 0.3) is 5.91 Å². The van der Waals surface area contributed by atoms with E-state index in [1.165, 1.54) is 5.69 Å². The molecule has 2 heterocycles. The monoisotopic (exact) mass is 1020 g/mol. The summed E-state index contributed by atoms with van der Waals surface area (Å²) in [5.41, 5.74) is 9.73. The quantitative estimate of drug-likeness (QED) is 0.0670. The molecule has 2 atom stereocenters. The number of rotatable bonds is 17. The van der Waals surface area contributed by atoms with Crippen LogP contribution in [0.15, 0.2) is 224 Å². The Balaban J connectivity index is 0.000000203. The number of anilines is 4. The molecule has 77 heavy (non-hydrogen) atoms. The number of benzene rings is 8. The Labute approximate surface area is 453 Å². The molecular formula is C67H68N6O4. The van der Waals surface area contributed by atoms with E-state index in [1.807, 2.05) is 134 Å². The van der Waals surface area contributed by atoms with E-state index in [4.69, 9.17) is 0 Å². The van der Waals surface area contributed by atoms with Crippen molar-refractivity contribution >= 4 is 46.3 Å². The number of hydrogen-bond donors (Lipinski definition) is 4. The molecule has 390 valence electrons. The first kappa shape index (κ1) is 53.1. The van der Waals surface area contributed by atoms with Gasteiger partial charge in [0.1, 0.15) is 0 Å². The molecule has 10 rings (SSSR count). The highest BCUT2D eigenvalue weighted by Crippen LogP contribution is 2.37. The minimum Gasteiger partial charge on any atom is -0.388 e. The second kappa shape index (κ2) is 26.6. The predicted octanol–water partition coefficient (Wildman–Crippen LogP) is 12.5. The highest BCUT2D eigenvalue weighted by Gasteiger charge is 2.34. The van der Waals surface area contributed by atoms with E-state index in [0.717, 1.165) is 85.5 Å². The van der Waals surface area contributed by atoms with Crippen LogP contribution in [0.25, 0.3) is 0 Å². The Morgan fingerprint density at radius 3 is 1.21 bits per heavy atom. The molecular weight excluding hydrogens is 953 g/mol. The van der Waals surface area contributed by atoms with Crippen molar-refractivity contribution < 1.29 is 19.2 Å². The van der Waals surface area contributed by atoms with Crippen molar-refractivity contribution in [1.82, 2.24) is 10.6 Å². The molecule has 3 amide bonds. The van der Waals surface area contributed by atoms with Gasteiger partial charge in [-0.15, -0.1) is 0 Å². The first-order valence-corrected chi connectivity index (χ1v) is 26.9. The van der Waals surface area contributed by atoms with Gasteiger partial charge in [-0.1, -0.05) is 170 Å². The lowest BCUT2D eigenvalue weighted by Crippen LogP contribution is -2.40. The summed E-state index contributed by atoms with van der Waals surface area (Å²) in [7, 11) is 1.94. The molecule has 2 aliphatic heterocycles. The topological polar surface area (TPSA) is 123 Å². The zero-order valence-corrected chi connectivity index (χ0v) is 43.8. The van der Waals surface area contributed by atoms with Crippen LogP contribution in [0.1, 0.15) is 86.1 Å². The van der Waals surface area contributed by atoms with Crippen molar-refractivity contribution in [3.63, 3.8) is 0 Å². The van der Waals surface area contributed by atoms with Gasteiger partial charge in [0, 0.05) is 80.2 Å². The second-order valence-electron chi connectivity index (χ2n) is 19.9. The Morgan fingerprint density at radius 1 is 0.429 bits per heavy atom. The van der Waals surface area contributed by atoms with Crippen LogP contribution in [0.2, 0.25) is 0 Å². The van der Waals surface area contributed by atoms with Crippen LogP contribution in [-0.2, 0) is 22.7 Å². The Kier molecular flexibility index (Phi) is 18.4. The van der Waals surface area contributed by atoms with E-state index >= 15 is 0 Å². The molecule has 10 nitrogen and oxygen atoms in total. The molecule has 8 aromatic rings. The number of carbonyl (C=O) groups is 4. The average Bonchev–Trinajstić information content (AvgIpc) is 3.50. The first-order chi connectivity index (χ1) is 37.8. The normalized spacial score (nSPS) is 14.5. The summed E-state index contributed by atoms with van der Waals surface area (Å²) in [6.07, 6.45) is 3.80. The van der Waals surface area contributed by atoms with Crippen LogP contribution in [0.5, 0.6) is 0 Å². The first-order valence-electron chi connectivity index (χ1n) is 26.9. The van der Waals surface area contributed by atoms with E-state index in [9.17, 15) is 19.2 Å². The third-order valence-corrected chi connectivity index (χ3v) is 15.0. The predicted molar refractivity (Wildman–Crippen MR) is 312 cm³/mol. The van der Waals surface area contributed by atoms with Crippen LogP contribution >= 0.6 is 0 Å². The maximum atomic E-state index is 13.5. The summed E-state index contributed by atoms with van der Waals surface area (Å²) in [5.74, 6) is -0.0654. The molecule has 4 N–H and O–H groups in total. The molecule has 8 aromatic carbocycles. The number of nitrogens with zero attached hydrogens (tertiary/aromatic N) is 2. The lowest BCUT2D eigenvalue weighted by molar-refractivity contribution is -0.125. The largest absolute Gasteiger partial charge is 0.388 e. The van der Waals surface area contributed by atoms with Crippen LogP contribution in [-0.4, -0.2) is 56.7 Å². The smallest absolute Gasteiger partial charge is 0.256 e. The maximum Gasteiger partial charge on any atom is 0.256 e. The summed E-state index contributed by atoms with van der Waals surface area (Å²) in [6.45, 7) is 4.69. The highest BCUT2D eigenvalue weighted by atomic mass is 16.2. The van der Waals surface area contributed by atoms with Gasteiger partial charge in [0.05, 0.1) is 17.4 Å². The fourth-order valence-electron chi connectivity index (χ4n) is 10.8. The second-order valence-corrected chi connectivity index (χ2v) is 19.9. The van der Waals surface area contributed by atoms with Crippen molar-refractivity contribution in [2.24, 2.45) is 11.8 Å². The number of carbonyl (C=O) groups excluding carboxylic acids is 4. The Bertz CT molecular complexity index is 3130. The minimum absolute atomic E-state index is 0.0700. The highest BCUT2D eigenvalue weighted by molar-refractivity contribution is 6.17. The summed E-state index contributed by atoms with van der Waals surface area (Å²) < 4.78 is 0. The third-order valence-electron chi connectivity index (χ3n) is 15.0. The molecule has 2 unspecified atom stereocenters. The average molecular weight is 1020 g/mol. The lowest BCUT2D eigenvalue weighted by Gasteiger charge is -2.37. The van der Waals surface area contributed by atoms with E-state index in [1.54, 1.807) is 36.4 Å².